The topological polar surface area (TPSA) is 63.6 Å². The molecule has 0 aliphatic carbocycles. The van der Waals surface area contributed by atoms with Gasteiger partial charge in [0.1, 0.15) is 5.75 Å². The SMILES string of the molecule is Cc1cccc(CNC(=O)c2cn(CCCN3[C@@H]4CC[C@H]3CC(CC(=O)c3cc(Cl)cc(Cl)c3)C4)c3c(OC(C)C)cccc23)c1. The Kier molecular flexibility index (Phi) is 10.1. The number of ether oxygens (including phenoxy) is 1. The van der Waals surface area contributed by atoms with Crippen LogP contribution in [-0.4, -0.2) is 45.9 Å². The molecule has 1 N–H and O–H groups in total. The predicted octanol–water partition coefficient (Wildman–Crippen LogP) is 8.88. The number of aryl methyl sites for hydroxylation is 2. The number of halogens is 2. The van der Waals surface area contributed by atoms with Crippen molar-refractivity contribution in [3.05, 3.63) is 99.2 Å². The van der Waals surface area contributed by atoms with E-state index in [2.05, 4.69) is 33.8 Å². The summed E-state index contributed by atoms with van der Waals surface area (Å²) in [7, 11) is 0. The molecular weight excluding hydrogens is 617 g/mol. The van der Waals surface area contributed by atoms with Gasteiger partial charge < -0.3 is 14.6 Å². The average Bonchev–Trinajstić information content (AvgIpc) is 3.49. The first-order valence-electron chi connectivity index (χ1n) is 16.5. The number of amides is 1. The van der Waals surface area contributed by atoms with E-state index in [4.69, 9.17) is 27.9 Å². The Morgan fingerprint density at radius 1 is 0.957 bits per heavy atom. The van der Waals surface area contributed by atoms with Crippen molar-refractivity contribution in [2.75, 3.05) is 6.54 Å². The molecule has 0 saturated carbocycles. The summed E-state index contributed by atoms with van der Waals surface area (Å²) in [5, 5.41) is 5.04. The van der Waals surface area contributed by atoms with Gasteiger partial charge in [-0.15, -0.1) is 0 Å². The monoisotopic (exact) mass is 659 g/mol. The van der Waals surface area contributed by atoms with Gasteiger partial charge in [-0.1, -0.05) is 65.2 Å². The average molecular weight is 661 g/mol. The predicted molar refractivity (Wildman–Crippen MR) is 186 cm³/mol. The van der Waals surface area contributed by atoms with Crippen molar-refractivity contribution in [2.24, 2.45) is 5.92 Å². The minimum atomic E-state index is -0.0818. The lowest BCUT2D eigenvalue weighted by Crippen LogP contribution is -2.43. The summed E-state index contributed by atoms with van der Waals surface area (Å²) < 4.78 is 8.43. The zero-order valence-electron chi connectivity index (χ0n) is 26.9. The van der Waals surface area contributed by atoms with E-state index in [1.54, 1.807) is 18.2 Å². The zero-order valence-corrected chi connectivity index (χ0v) is 28.4. The van der Waals surface area contributed by atoms with Crippen LogP contribution >= 0.6 is 23.2 Å². The maximum atomic E-state index is 13.5. The van der Waals surface area contributed by atoms with Gasteiger partial charge in [0.05, 0.1) is 17.2 Å². The van der Waals surface area contributed by atoms with E-state index in [0.717, 1.165) is 54.6 Å². The first kappa shape index (κ1) is 32.6. The first-order valence-corrected chi connectivity index (χ1v) is 17.3. The van der Waals surface area contributed by atoms with Crippen molar-refractivity contribution in [2.45, 2.75) is 90.6 Å². The smallest absolute Gasteiger partial charge is 0.253 e. The zero-order chi connectivity index (χ0) is 32.4. The van der Waals surface area contributed by atoms with Crippen molar-refractivity contribution < 1.29 is 14.3 Å². The van der Waals surface area contributed by atoms with Crippen molar-refractivity contribution in [3.63, 3.8) is 0 Å². The number of para-hydroxylation sites is 1. The molecule has 1 unspecified atom stereocenters. The van der Waals surface area contributed by atoms with Gasteiger partial charge in [-0.05, 0) is 88.6 Å². The molecule has 3 atom stereocenters. The molecule has 2 aliphatic heterocycles. The molecule has 6 rings (SSSR count). The van der Waals surface area contributed by atoms with Crippen LogP contribution < -0.4 is 10.1 Å². The number of rotatable bonds is 12. The molecule has 3 heterocycles. The minimum absolute atomic E-state index is 0.0206. The van der Waals surface area contributed by atoms with Crippen LogP contribution in [0.5, 0.6) is 5.75 Å². The van der Waals surface area contributed by atoms with Crippen LogP contribution in [0.2, 0.25) is 10.0 Å². The third-order valence-corrected chi connectivity index (χ3v) is 9.90. The number of hydrogen-bond donors (Lipinski definition) is 1. The molecule has 0 radical (unpaired) electrons. The molecule has 2 fully saturated rings. The number of fused-ring (bicyclic) bond motifs is 3. The van der Waals surface area contributed by atoms with Crippen LogP contribution in [0, 0.1) is 12.8 Å². The van der Waals surface area contributed by atoms with Gasteiger partial charge in [0.2, 0.25) is 0 Å². The molecule has 8 heteroatoms. The van der Waals surface area contributed by atoms with Crippen LogP contribution in [-0.2, 0) is 13.1 Å². The molecule has 242 valence electrons. The van der Waals surface area contributed by atoms with Gasteiger partial charge in [-0.25, -0.2) is 0 Å². The number of aromatic nitrogens is 1. The summed E-state index contributed by atoms with van der Waals surface area (Å²) in [4.78, 5) is 29.2. The number of nitrogens with zero attached hydrogens (tertiary/aromatic N) is 2. The second-order valence-corrected chi connectivity index (χ2v) is 14.2. The van der Waals surface area contributed by atoms with Gasteiger partial charge in [0, 0.05) is 65.3 Å². The van der Waals surface area contributed by atoms with Crippen LogP contribution in [0.3, 0.4) is 0 Å². The van der Waals surface area contributed by atoms with Gasteiger partial charge in [-0.2, -0.15) is 0 Å². The fourth-order valence-corrected chi connectivity index (χ4v) is 8.10. The summed E-state index contributed by atoms with van der Waals surface area (Å²) in [6, 6.07) is 20.3. The number of carbonyl (C=O) groups excluding carboxylic acids is 2. The Morgan fingerprint density at radius 2 is 1.67 bits per heavy atom. The molecule has 6 nitrogen and oxygen atoms in total. The Hall–Kier alpha value is -3.32. The molecule has 2 aliphatic rings. The highest BCUT2D eigenvalue weighted by atomic mass is 35.5. The highest BCUT2D eigenvalue weighted by Crippen LogP contribution is 2.41. The minimum Gasteiger partial charge on any atom is -0.489 e. The molecular formula is C38H43Cl2N3O3. The van der Waals surface area contributed by atoms with E-state index < -0.39 is 0 Å². The number of hydrogen-bond acceptors (Lipinski definition) is 4. The van der Waals surface area contributed by atoms with Gasteiger partial charge >= 0.3 is 0 Å². The number of ketones is 1. The van der Waals surface area contributed by atoms with Crippen LogP contribution in [0.1, 0.15) is 84.2 Å². The lowest BCUT2D eigenvalue weighted by Gasteiger charge is -2.39. The van der Waals surface area contributed by atoms with Crippen molar-refractivity contribution in [3.8, 4) is 5.75 Å². The number of Topliss-reactive ketones (excluding diaryl/α,β-unsaturated/α-hetero) is 1. The van der Waals surface area contributed by atoms with Crippen molar-refractivity contribution >= 4 is 45.8 Å². The summed E-state index contributed by atoms with van der Waals surface area (Å²) in [6.45, 7) is 8.36. The second kappa shape index (κ2) is 14.2. The van der Waals surface area contributed by atoms with Gasteiger partial charge in [0.15, 0.2) is 5.78 Å². The molecule has 1 aromatic heterocycles. The van der Waals surface area contributed by atoms with E-state index in [1.807, 2.05) is 50.4 Å². The fourth-order valence-electron chi connectivity index (χ4n) is 7.57. The fraction of sp³-hybridized carbons (Fsp3) is 0.421. The molecule has 0 spiro atoms. The number of benzene rings is 3. The molecule has 3 aromatic carbocycles. The summed E-state index contributed by atoms with van der Waals surface area (Å²) in [5.74, 6) is 1.22. The molecule has 46 heavy (non-hydrogen) atoms. The largest absolute Gasteiger partial charge is 0.489 e. The summed E-state index contributed by atoms with van der Waals surface area (Å²) in [5.41, 5.74) is 4.50. The standard InChI is InChI=1S/C38H43Cl2N3O3/c1-24(2)46-36-10-5-9-33-34(38(45)41-22-26-8-4-7-25(3)15-26)23-42(37(33)36)13-6-14-43-31-11-12-32(43)17-27(16-31)18-35(44)28-19-29(39)21-30(40)20-28/h4-5,7-10,15,19-21,23-24,27,31-32H,6,11-14,16-18,22H2,1-3H3,(H,41,45)/t27?,31-,32+. The molecule has 2 bridgehead atoms. The molecule has 4 aromatic rings. The van der Waals surface area contributed by atoms with Crippen LogP contribution in [0.15, 0.2) is 66.9 Å². The Balaban J connectivity index is 1.12. The lowest BCUT2D eigenvalue weighted by atomic mass is 9.85. The Labute approximate surface area is 282 Å². The van der Waals surface area contributed by atoms with E-state index in [1.165, 1.54) is 18.4 Å². The Morgan fingerprint density at radius 3 is 2.37 bits per heavy atom. The lowest BCUT2D eigenvalue weighted by molar-refractivity contribution is 0.0807. The molecule has 2 saturated heterocycles. The Bertz CT molecular complexity index is 1700. The maximum absolute atomic E-state index is 13.5. The van der Waals surface area contributed by atoms with Crippen molar-refractivity contribution in [1.29, 1.82) is 0 Å². The summed E-state index contributed by atoms with van der Waals surface area (Å²) >= 11 is 12.3. The highest BCUT2D eigenvalue weighted by molar-refractivity contribution is 6.35. The van der Waals surface area contributed by atoms with Crippen LogP contribution in [0.4, 0.5) is 0 Å². The second-order valence-electron chi connectivity index (χ2n) is 13.3. The number of nitrogens with one attached hydrogen (secondary N) is 1. The summed E-state index contributed by atoms with van der Waals surface area (Å²) in [6.07, 6.45) is 7.97. The number of piperidine rings is 1. The highest BCUT2D eigenvalue weighted by Gasteiger charge is 2.40. The normalized spacial score (nSPS) is 19.6. The first-order chi connectivity index (χ1) is 22.1. The van der Waals surface area contributed by atoms with Crippen LogP contribution in [0.25, 0.3) is 10.9 Å². The molecule has 1 amide bonds. The van der Waals surface area contributed by atoms with E-state index >= 15 is 0 Å². The van der Waals surface area contributed by atoms with Crippen molar-refractivity contribution in [1.82, 2.24) is 14.8 Å². The van der Waals surface area contributed by atoms with Gasteiger partial charge in [-0.3, -0.25) is 14.5 Å². The third-order valence-electron chi connectivity index (χ3n) is 9.46. The number of carbonyl (C=O) groups is 2. The quantitative estimate of drug-likeness (QED) is 0.154. The van der Waals surface area contributed by atoms with E-state index in [0.29, 0.717) is 52.1 Å². The maximum Gasteiger partial charge on any atom is 0.253 e. The van der Waals surface area contributed by atoms with E-state index in [-0.39, 0.29) is 17.8 Å². The van der Waals surface area contributed by atoms with Gasteiger partial charge in [0.25, 0.3) is 5.91 Å². The third kappa shape index (κ3) is 7.46. The van der Waals surface area contributed by atoms with E-state index in [9.17, 15) is 9.59 Å².